The summed E-state index contributed by atoms with van der Waals surface area (Å²) in [5.41, 5.74) is 1.71. The third-order valence-electron chi connectivity index (χ3n) is 1.47. The predicted molar refractivity (Wildman–Crippen MR) is 52.0 cm³/mol. The molecule has 0 fully saturated rings. The highest BCUT2D eigenvalue weighted by molar-refractivity contribution is 6.10. The van der Waals surface area contributed by atoms with Crippen LogP contribution in [-0.2, 0) is 0 Å². The van der Waals surface area contributed by atoms with Gasteiger partial charge in [0.25, 0.3) is 0 Å². The normalized spacial score (nSPS) is 10.8. The highest BCUT2D eigenvalue weighted by Crippen LogP contribution is 2.01. The Morgan fingerprint density at radius 2 is 2.00 bits per heavy atom. The molecule has 0 bridgehead atoms. The van der Waals surface area contributed by atoms with Crippen LogP contribution in [0.1, 0.15) is 5.56 Å². The third-order valence-corrected chi connectivity index (χ3v) is 1.47. The number of hydrogen-bond acceptors (Lipinski definition) is 1. The lowest BCUT2D eigenvalue weighted by atomic mass is 10.1. The van der Waals surface area contributed by atoms with Gasteiger partial charge in [0.2, 0.25) is 0 Å². The molecule has 12 heavy (non-hydrogen) atoms. The Bertz CT molecular complexity index is 299. The third kappa shape index (κ3) is 1.89. The molecule has 0 radical (unpaired) electrons. The van der Waals surface area contributed by atoms with E-state index in [1.165, 1.54) is 0 Å². The summed E-state index contributed by atoms with van der Waals surface area (Å²) in [6, 6.07) is 9.67. The van der Waals surface area contributed by atoms with Crippen molar-refractivity contribution in [3.8, 4) is 0 Å². The molecule has 1 rings (SSSR count). The summed E-state index contributed by atoms with van der Waals surface area (Å²) < 4.78 is 0. The van der Waals surface area contributed by atoms with Crippen LogP contribution in [0.2, 0.25) is 0 Å². The first-order valence-electron chi connectivity index (χ1n) is 3.63. The van der Waals surface area contributed by atoms with Crippen molar-refractivity contribution in [1.82, 2.24) is 0 Å². The molecular weight excluding hydrogens is 148 g/mol. The van der Waals surface area contributed by atoms with Crippen molar-refractivity contribution in [1.29, 1.82) is 5.41 Å². The van der Waals surface area contributed by atoms with E-state index in [4.69, 9.17) is 5.41 Å². The summed E-state index contributed by atoms with van der Waals surface area (Å²) in [5.74, 6) is 0. The lowest BCUT2D eigenvalue weighted by Gasteiger charge is -1.97. The summed E-state index contributed by atoms with van der Waals surface area (Å²) in [6.45, 7) is 3.62. The van der Waals surface area contributed by atoms with Crippen LogP contribution in [0, 0.1) is 5.41 Å². The Morgan fingerprint density at radius 1 is 1.33 bits per heavy atom. The van der Waals surface area contributed by atoms with Gasteiger partial charge < -0.3 is 0 Å². The molecule has 2 nitrogen and oxygen atoms in total. The van der Waals surface area contributed by atoms with Crippen molar-refractivity contribution in [3.05, 3.63) is 48.6 Å². The van der Waals surface area contributed by atoms with Gasteiger partial charge in [-0.3, -0.25) is 5.41 Å². The Morgan fingerprint density at radius 3 is 2.50 bits per heavy atom. The van der Waals surface area contributed by atoms with E-state index in [0.717, 1.165) is 17.6 Å². The van der Waals surface area contributed by atoms with Crippen LogP contribution >= 0.6 is 0 Å². The van der Waals surface area contributed by atoms with Gasteiger partial charge in [0.15, 0.2) is 0 Å². The number of rotatable bonds is 3. The van der Waals surface area contributed by atoms with Crippen molar-refractivity contribution < 1.29 is 0 Å². The predicted octanol–water partition coefficient (Wildman–Crippen LogP) is 2.27. The fourth-order valence-corrected chi connectivity index (χ4v) is 0.924. The zero-order valence-corrected chi connectivity index (χ0v) is 6.70. The number of nitrogens with one attached hydrogen (secondary N) is 1. The van der Waals surface area contributed by atoms with E-state index in [0.29, 0.717) is 0 Å². The van der Waals surface area contributed by atoms with Crippen LogP contribution in [0.3, 0.4) is 0 Å². The van der Waals surface area contributed by atoms with Gasteiger partial charge in [0, 0.05) is 5.56 Å². The van der Waals surface area contributed by atoms with Crippen LogP contribution in [-0.4, -0.2) is 12.1 Å². The van der Waals surface area contributed by atoms with Crippen LogP contribution in [0.15, 0.2) is 48.0 Å². The van der Waals surface area contributed by atoms with E-state index in [-0.39, 0.29) is 0 Å². The zero-order valence-electron chi connectivity index (χ0n) is 6.70. The molecule has 0 aliphatic heterocycles. The second-order valence-electron chi connectivity index (χ2n) is 2.21. The van der Waals surface area contributed by atoms with E-state index < -0.39 is 0 Å². The van der Waals surface area contributed by atoms with Crippen molar-refractivity contribution in [2.45, 2.75) is 0 Å². The second-order valence-corrected chi connectivity index (χ2v) is 2.21. The van der Waals surface area contributed by atoms with Gasteiger partial charge in [-0.25, -0.2) is 4.99 Å². The number of allylic oxidation sites excluding steroid dienone is 1. The minimum atomic E-state index is 0.727. The molecule has 0 aliphatic rings. The van der Waals surface area contributed by atoms with E-state index in [1.54, 1.807) is 6.08 Å². The number of nitrogens with zero attached hydrogens (tertiary/aromatic N) is 1. The minimum Gasteiger partial charge on any atom is -0.290 e. The fourth-order valence-electron chi connectivity index (χ4n) is 0.924. The molecule has 0 heterocycles. The largest absolute Gasteiger partial charge is 0.290 e. The maximum absolute atomic E-state index is 6.83. The van der Waals surface area contributed by atoms with Gasteiger partial charge in [-0.2, -0.15) is 0 Å². The van der Waals surface area contributed by atoms with Crippen molar-refractivity contribution in [2.75, 3.05) is 0 Å². The molecule has 0 aliphatic carbocycles. The summed E-state index contributed by atoms with van der Waals surface area (Å²) >= 11 is 0. The molecule has 0 atom stereocenters. The van der Waals surface area contributed by atoms with Crippen molar-refractivity contribution in [2.24, 2.45) is 4.99 Å². The molecule has 1 aromatic rings. The molecule has 1 aromatic carbocycles. The Kier molecular flexibility index (Phi) is 2.96. The highest BCUT2D eigenvalue weighted by atomic mass is 14.8. The van der Waals surface area contributed by atoms with Crippen molar-refractivity contribution >= 4 is 12.1 Å². The maximum Gasteiger partial charge on any atom is 0.107 e. The molecule has 0 amide bonds. The van der Waals surface area contributed by atoms with Gasteiger partial charge in [-0.15, -0.1) is 0 Å². The zero-order chi connectivity index (χ0) is 8.81. The van der Waals surface area contributed by atoms with Crippen LogP contribution < -0.4 is 0 Å². The lowest BCUT2D eigenvalue weighted by Crippen LogP contribution is -1.95. The number of aliphatic imine (C=N–C) groups is 1. The van der Waals surface area contributed by atoms with E-state index in [1.807, 2.05) is 30.3 Å². The first kappa shape index (κ1) is 8.40. The fraction of sp³-hybridized carbons (Fsp3) is 0. The van der Waals surface area contributed by atoms with Gasteiger partial charge in [-0.1, -0.05) is 36.9 Å². The summed E-state index contributed by atoms with van der Waals surface area (Å²) in [6.07, 6.45) is 2.66. The molecule has 60 valence electrons. The minimum absolute atomic E-state index is 0.727. The van der Waals surface area contributed by atoms with E-state index in [2.05, 4.69) is 11.6 Å². The van der Waals surface area contributed by atoms with Crippen LogP contribution in [0.25, 0.3) is 0 Å². The quantitative estimate of drug-likeness (QED) is 0.517. The molecule has 1 N–H and O–H groups in total. The smallest absolute Gasteiger partial charge is 0.107 e. The monoisotopic (exact) mass is 158 g/mol. The lowest BCUT2D eigenvalue weighted by molar-refractivity contribution is 1.51. The maximum atomic E-state index is 6.83. The SMILES string of the molecule is C=CC(=NC=N)c1ccccc1. The summed E-state index contributed by atoms with van der Waals surface area (Å²) in [7, 11) is 0. The van der Waals surface area contributed by atoms with Gasteiger partial charge >= 0.3 is 0 Å². The Labute approximate surface area is 71.8 Å². The molecular formula is C10H10N2. The number of hydrogen-bond donors (Lipinski definition) is 1. The number of benzene rings is 1. The average molecular weight is 158 g/mol. The van der Waals surface area contributed by atoms with Crippen LogP contribution in [0.4, 0.5) is 0 Å². The summed E-state index contributed by atoms with van der Waals surface area (Å²) in [4.78, 5) is 3.85. The molecule has 2 heteroatoms. The highest BCUT2D eigenvalue weighted by Gasteiger charge is 1.94. The average Bonchev–Trinajstić information content (AvgIpc) is 2.15. The molecule has 0 saturated heterocycles. The van der Waals surface area contributed by atoms with Gasteiger partial charge in [-0.05, 0) is 6.08 Å². The van der Waals surface area contributed by atoms with Gasteiger partial charge in [0.05, 0.1) is 5.71 Å². The topological polar surface area (TPSA) is 36.2 Å². The molecule has 0 aromatic heterocycles. The van der Waals surface area contributed by atoms with Gasteiger partial charge in [0.1, 0.15) is 6.34 Å². The van der Waals surface area contributed by atoms with Crippen molar-refractivity contribution in [3.63, 3.8) is 0 Å². The first-order chi connectivity index (χ1) is 5.88. The summed E-state index contributed by atoms with van der Waals surface area (Å²) in [5, 5.41) is 6.83. The second kappa shape index (κ2) is 4.23. The van der Waals surface area contributed by atoms with E-state index in [9.17, 15) is 0 Å². The first-order valence-corrected chi connectivity index (χ1v) is 3.63. The molecule has 0 unspecified atom stereocenters. The molecule has 0 spiro atoms. The molecule has 0 saturated carbocycles. The Balaban J connectivity index is 3.03. The Hall–Kier alpha value is -1.70. The standard InChI is InChI=1S/C10H10N2/c1-2-10(12-8-11)9-6-4-3-5-7-9/h2-8,11H,1H2. The van der Waals surface area contributed by atoms with Crippen LogP contribution in [0.5, 0.6) is 0 Å². The van der Waals surface area contributed by atoms with E-state index >= 15 is 0 Å².